The van der Waals surface area contributed by atoms with Crippen LogP contribution >= 0.6 is 23.1 Å². The van der Waals surface area contributed by atoms with Crippen LogP contribution in [0.4, 0.5) is 11.4 Å². The van der Waals surface area contributed by atoms with E-state index in [9.17, 15) is 4.79 Å². The zero-order valence-electron chi connectivity index (χ0n) is 12.4. The van der Waals surface area contributed by atoms with Gasteiger partial charge in [-0.25, -0.2) is 4.79 Å². The van der Waals surface area contributed by atoms with Gasteiger partial charge in [-0.3, -0.25) is 0 Å². The van der Waals surface area contributed by atoms with Crippen LogP contribution in [-0.4, -0.2) is 19.3 Å². The first-order valence-electron chi connectivity index (χ1n) is 6.80. The minimum absolute atomic E-state index is 0.290. The number of methoxy groups -OCH3 is 1. The summed E-state index contributed by atoms with van der Waals surface area (Å²) in [4.78, 5) is 12.2. The van der Waals surface area contributed by atoms with E-state index in [-0.39, 0.29) is 5.97 Å². The molecule has 2 aromatic rings. The van der Waals surface area contributed by atoms with Crippen molar-refractivity contribution >= 4 is 40.4 Å². The van der Waals surface area contributed by atoms with Crippen molar-refractivity contribution in [1.82, 2.24) is 0 Å². The van der Waals surface area contributed by atoms with Crippen molar-refractivity contribution in [1.29, 1.82) is 0 Å². The number of esters is 1. The number of anilines is 2. The first kappa shape index (κ1) is 15.9. The van der Waals surface area contributed by atoms with E-state index in [4.69, 9.17) is 4.74 Å². The van der Waals surface area contributed by atoms with Gasteiger partial charge < -0.3 is 10.1 Å². The average Bonchev–Trinajstić information content (AvgIpc) is 2.91. The molecule has 0 spiro atoms. The van der Waals surface area contributed by atoms with Crippen molar-refractivity contribution in [2.45, 2.75) is 24.0 Å². The zero-order chi connectivity index (χ0) is 15.2. The second kappa shape index (κ2) is 7.52. The van der Waals surface area contributed by atoms with E-state index < -0.39 is 0 Å². The number of hydrogen-bond acceptors (Lipinski definition) is 5. The summed E-state index contributed by atoms with van der Waals surface area (Å²) in [5.41, 5.74) is 3.32. The minimum Gasteiger partial charge on any atom is -0.465 e. The lowest BCUT2D eigenvalue weighted by atomic mass is 10.1. The van der Waals surface area contributed by atoms with Crippen LogP contribution in [-0.2, 0) is 11.2 Å². The van der Waals surface area contributed by atoms with E-state index in [1.165, 1.54) is 24.0 Å². The van der Waals surface area contributed by atoms with Crippen LogP contribution < -0.4 is 5.32 Å². The third kappa shape index (κ3) is 4.02. The molecule has 1 aromatic carbocycles. The van der Waals surface area contributed by atoms with Gasteiger partial charge in [0.25, 0.3) is 0 Å². The maximum absolute atomic E-state index is 11.6. The zero-order valence-corrected chi connectivity index (χ0v) is 14.1. The van der Waals surface area contributed by atoms with Crippen LogP contribution in [0.25, 0.3) is 0 Å². The monoisotopic (exact) mass is 321 g/mol. The summed E-state index contributed by atoms with van der Waals surface area (Å²) in [6.45, 7) is 2.18. The standard InChI is InChI=1S/C16H19NO2S2/c1-4-5-11-6-8-12(9-7-11)17-13-10-14(15(18)19-2)21-16(13)20-3/h6-10,17H,4-5H2,1-3H3. The molecule has 0 fully saturated rings. The fraction of sp³-hybridized carbons (Fsp3) is 0.312. The Morgan fingerprint density at radius 1 is 1.33 bits per heavy atom. The molecule has 0 unspecified atom stereocenters. The molecule has 1 aromatic heterocycles. The van der Waals surface area contributed by atoms with Gasteiger partial charge in [-0.1, -0.05) is 25.5 Å². The summed E-state index contributed by atoms with van der Waals surface area (Å²) in [6.07, 6.45) is 4.25. The molecule has 21 heavy (non-hydrogen) atoms. The van der Waals surface area contributed by atoms with E-state index in [0.717, 1.165) is 28.4 Å². The quantitative estimate of drug-likeness (QED) is 0.603. The Hall–Kier alpha value is -1.46. The average molecular weight is 321 g/mol. The third-order valence-electron chi connectivity index (χ3n) is 3.04. The van der Waals surface area contributed by atoms with Gasteiger partial charge in [-0.2, -0.15) is 0 Å². The van der Waals surface area contributed by atoms with Crippen molar-refractivity contribution in [2.24, 2.45) is 0 Å². The number of thiophene rings is 1. The number of thioether (sulfide) groups is 1. The first-order chi connectivity index (χ1) is 10.2. The number of carbonyl (C=O) groups excluding carboxylic acids is 1. The molecular formula is C16H19NO2S2. The SMILES string of the molecule is CCCc1ccc(Nc2cc(C(=O)OC)sc2SC)cc1. The highest BCUT2D eigenvalue weighted by molar-refractivity contribution is 8.00. The van der Waals surface area contributed by atoms with E-state index in [0.29, 0.717) is 4.88 Å². The maximum Gasteiger partial charge on any atom is 0.348 e. The van der Waals surface area contributed by atoms with Crippen LogP contribution in [0.2, 0.25) is 0 Å². The molecule has 0 aliphatic rings. The van der Waals surface area contributed by atoms with E-state index >= 15 is 0 Å². The van der Waals surface area contributed by atoms with E-state index in [1.54, 1.807) is 11.8 Å². The Bertz CT molecular complexity index is 605. The lowest BCUT2D eigenvalue weighted by Gasteiger charge is -2.07. The Balaban J connectivity index is 2.18. The molecule has 112 valence electrons. The van der Waals surface area contributed by atoms with Crippen molar-refractivity contribution in [2.75, 3.05) is 18.7 Å². The van der Waals surface area contributed by atoms with Gasteiger partial charge in [0.2, 0.25) is 0 Å². The molecule has 0 radical (unpaired) electrons. The Morgan fingerprint density at radius 3 is 2.62 bits per heavy atom. The van der Waals surface area contributed by atoms with Gasteiger partial charge in [0.15, 0.2) is 0 Å². The second-order valence-electron chi connectivity index (χ2n) is 4.58. The predicted molar refractivity (Wildman–Crippen MR) is 91.2 cm³/mol. The Kier molecular flexibility index (Phi) is 5.70. The molecule has 2 rings (SSSR count). The van der Waals surface area contributed by atoms with Gasteiger partial charge in [0, 0.05) is 5.69 Å². The van der Waals surface area contributed by atoms with Crippen LogP contribution in [0.1, 0.15) is 28.6 Å². The van der Waals surface area contributed by atoms with Gasteiger partial charge in [-0.15, -0.1) is 23.1 Å². The van der Waals surface area contributed by atoms with Crippen molar-refractivity contribution in [3.05, 3.63) is 40.8 Å². The molecule has 0 saturated heterocycles. The highest BCUT2D eigenvalue weighted by Gasteiger charge is 2.14. The summed E-state index contributed by atoms with van der Waals surface area (Å²) >= 11 is 3.07. The molecule has 0 atom stereocenters. The number of carbonyl (C=O) groups is 1. The Morgan fingerprint density at radius 2 is 2.05 bits per heavy atom. The number of benzene rings is 1. The Labute approximate surface area is 133 Å². The minimum atomic E-state index is -0.290. The normalized spacial score (nSPS) is 10.4. The van der Waals surface area contributed by atoms with Gasteiger partial charge in [0.1, 0.15) is 4.88 Å². The molecule has 1 N–H and O–H groups in total. The molecule has 0 amide bonds. The van der Waals surface area contributed by atoms with Crippen molar-refractivity contribution < 1.29 is 9.53 Å². The summed E-state index contributed by atoms with van der Waals surface area (Å²) in [5.74, 6) is -0.290. The number of nitrogens with one attached hydrogen (secondary N) is 1. The third-order valence-corrected chi connectivity index (χ3v) is 5.29. The summed E-state index contributed by atoms with van der Waals surface area (Å²) in [5, 5.41) is 3.37. The van der Waals surface area contributed by atoms with Crippen LogP contribution in [0.5, 0.6) is 0 Å². The molecule has 0 aliphatic carbocycles. The van der Waals surface area contributed by atoms with Crippen molar-refractivity contribution in [3.8, 4) is 0 Å². The first-order valence-corrected chi connectivity index (χ1v) is 8.84. The highest BCUT2D eigenvalue weighted by atomic mass is 32.2. The topological polar surface area (TPSA) is 38.3 Å². The fourth-order valence-corrected chi connectivity index (χ4v) is 3.71. The fourth-order valence-electron chi connectivity index (χ4n) is 2.01. The van der Waals surface area contributed by atoms with Crippen LogP contribution in [0, 0.1) is 0 Å². The largest absolute Gasteiger partial charge is 0.465 e. The van der Waals surface area contributed by atoms with Gasteiger partial charge in [0.05, 0.1) is 17.0 Å². The van der Waals surface area contributed by atoms with E-state index in [1.807, 2.05) is 12.3 Å². The van der Waals surface area contributed by atoms with Gasteiger partial charge in [-0.05, 0) is 36.4 Å². The number of hydrogen-bond donors (Lipinski definition) is 1. The highest BCUT2D eigenvalue weighted by Crippen LogP contribution is 2.36. The van der Waals surface area contributed by atoms with E-state index in [2.05, 4.69) is 36.5 Å². The summed E-state index contributed by atoms with van der Waals surface area (Å²) in [6, 6.07) is 10.3. The maximum atomic E-state index is 11.6. The molecular weight excluding hydrogens is 302 g/mol. The molecule has 3 nitrogen and oxygen atoms in total. The summed E-state index contributed by atoms with van der Waals surface area (Å²) < 4.78 is 5.85. The second-order valence-corrected chi connectivity index (χ2v) is 6.71. The molecule has 1 heterocycles. The number of rotatable bonds is 6. The molecule has 0 aliphatic heterocycles. The molecule has 5 heteroatoms. The number of aryl methyl sites for hydroxylation is 1. The van der Waals surface area contributed by atoms with Crippen LogP contribution in [0.3, 0.4) is 0 Å². The molecule has 0 bridgehead atoms. The van der Waals surface area contributed by atoms with Crippen molar-refractivity contribution in [3.63, 3.8) is 0 Å². The summed E-state index contributed by atoms with van der Waals surface area (Å²) in [7, 11) is 1.40. The lowest BCUT2D eigenvalue weighted by Crippen LogP contribution is -1.97. The van der Waals surface area contributed by atoms with Crippen LogP contribution in [0.15, 0.2) is 34.5 Å². The lowest BCUT2D eigenvalue weighted by molar-refractivity contribution is 0.0606. The van der Waals surface area contributed by atoms with Gasteiger partial charge >= 0.3 is 5.97 Å². The number of ether oxygens (including phenoxy) is 1. The predicted octanol–water partition coefficient (Wildman–Crippen LogP) is 4.95. The molecule has 0 saturated carbocycles. The smallest absolute Gasteiger partial charge is 0.348 e.